The Hall–Kier alpha value is -2.52. The van der Waals surface area contributed by atoms with Crippen molar-refractivity contribution in [3.63, 3.8) is 0 Å². The highest BCUT2D eigenvalue weighted by atomic mass is 32.2. The maximum Gasteiger partial charge on any atom is 0.243 e. The lowest BCUT2D eigenvalue weighted by Crippen LogP contribution is -2.37. The van der Waals surface area contributed by atoms with Crippen molar-refractivity contribution in [1.29, 1.82) is 0 Å². The second kappa shape index (κ2) is 9.09. The predicted octanol–water partition coefficient (Wildman–Crippen LogP) is 2.16. The molecule has 0 radical (unpaired) electrons. The van der Waals surface area contributed by atoms with Gasteiger partial charge < -0.3 is 9.84 Å². The number of hydrogen-bond donors (Lipinski definition) is 2. The zero-order valence-electron chi connectivity index (χ0n) is 16.6. The maximum absolute atomic E-state index is 13.0. The van der Waals surface area contributed by atoms with Gasteiger partial charge in [-0.1, -0.05) is 30.3 Å². The highest BCUT2D eigenvalue weighted by Crippen LogP contribution is 2.22. The van der Waals surface area contributed by atoms with Gasteiger partial charge in [-0.05, 0) is 36.2 Å². The van der Waals surface area contributed by atoms with Crippen LogP contribution >= 0.6 is 0 Å². The first-order valence-electron chi connectivity index (χ1n) is 9.96. The molecule has 30 heavy (non-hydrogen) atoms. The van der Waals surface area contributed by atoms with Gasteiger partial charge in [0.25, 0.3) is 0 Å². The molecule has 4 rings (SSSR count). The van der Waals surface area contributed by atoms with Crippen molar-refractivity contribution in [1.82, 2.24) is 14.6 Å². The first-order valence-corrected chi connectivity index (χ1v) is 11.4. The van der Waals surface area contributed by atoms with Gasteiger partial charge in [0.05, 0.1) is 12.1 Å². The number of fused-ring (bicyclic) bond motifs is 1. The van der Waals surface area contributed by atoms with E-state index in [2.05, 4.69) is 14.6 Å². The molecule has 158 valence electrons. The lowest BCUT2D eigenvalue weighted by atomic mass is 10.2. The number of benzene rings is 2. The maximum atomic E-state index is 13.0. The molecule has 8 heteroatoms. The topological polar surface area (TPSA) is 91.8 Å². The summed E-state index contributed by atoms with van der Waals surface area (Å²) < 4.78 is 34.2. The van der Waals surface area contributed by atoms with E-state index in [1.54, 1.807) is 24.4 Å². The number of likely N-dealkylation sites (tertiary alicyclic amines) is 1. The molecule has 7 nitrogen and oxygen atoms in total. The zero-order valence-corrected chi connectivity index (χ0v) is 17.4. The second-order valence-corrected chi connectivity index (χ2v) is 9.07. The highest BCUT2D eigenvalue weighted by molar-refractivity contribution is 7.89. The van der Waals surface area contributed by atoms with Crippen molar-refractivity contribution < 1.29 is 18.3 Å². The van der Waals surface area contributed by atoms with Crippen LogP contribution < -0.4 is 9.46 Å². The van der Waals surface area contributed by atoms with E-state index in [1.165, 1.54) is 0 Å². The van der Waals surface area contributed by atoms with E-state index >= 15 is 0 Å². The minimum Gasteiger partial charge on any atom is -0.491 e. The summed E-state index contributed by atoms with van der Waals surface area (Å²) in [4.78, 5) is 6.72. The molecule has 1 atom stereocenters. The summed E-state index contributed by atoms with van der Waals surface area (Å²) in [5, 5.41) is 9.62. The van der Waals surface area contributed by atoms with Gasteiger partial charge in [-0.15, -0.1) is 0 Å². The van der Waals surface area contributed by atoms with Gasteiger partial charge in [0.1, 0.15) is 17.3 Å². The van der Waals surface area contributed by atoms with Gasteiger partial charge in [0.2, 0.25) is 10.0 Å². The van der Waals surface area contributed by atoms with Gasteiger partial charge in [0, 0.05) is 37.3 Å². The summed E-state index contributed by atoms with van der Waals surface area (Å²) in [6.07, 6.45) is 2.37. The van der Waals surface area contributed by atoms with Crippen molar-refractivity contribution in [3.8, 4) is 5.75 Å². The Morgan fingerprint density at radius 1 is 1.13 bits per heavy atom. The fourth-order valence-electron chi connectivity index (χ4n) is 3.76. The Balaban J connectivity index is 1.38. The van der Waals surface area contributed by atoms with E-state index in [9.17, 15) is 8.42 Å². The number of para-hydroxylation sites is 1. The summed E-state index contributed by atoms with van der Waals surface area (Å²) in [7, 11) is -3.66. The van der Waals surface area contributed by atoms with Crippen LogP contribution in [0.25, 0.3) is 10.9 Å². The largest absolute Gasteiger partial charge is 0.491 e. The van der Waals surface area contributed by atoms with Crippen molar-refractivity contribution in [2.24, 2.45) is 0 Å². The van der Waals surface area contributed by atoms with Gasteiger partial charge >= 0.3 is 0 Å². The van der Waals surface area contributed by atoms with Gasteiger partial charge in [-0.25, -0.2) is 13.1 Å². The number of hydrogen-bond acceptors (Lipinski definition) is 6. The van der Waals surface area contributed by atoms with E-state index in [1.807, 2.05) is 36.4 Å². The smallest absolute Gasteiger partial charge is 0.243 e. The Morgan fingerprint density at radius 3 is 2.73 bits per heavy atom. The third kappa shape index (κ3) is 4.79. The summed E-state index contributed by atoms with van der Waals surface area (Å²) in [6.45, 7) is 2.49. The third-order valence-electron chi connectivity index (χ3n) is 5.17. The molecule has 2 N–H and O–H groups in total. The van der Waals surface area contributed by atoms with E-state index < -0.39 is 10.0 Å². The highest BCUT2D eigenvalue weighted by Gasteiger charge is 2.28. The third-order valence-corrected chi connectivity index (χ3v) is 6.72. The van der Waals surface area contributed by atoms with Crippen LogP contribution in [0.1, 0.15) is 12.0 Å². The summed E-state index contributed by atoms with van der Waals surface area (Å²) in [6, 6.07) is 16.5. The molecular weight excluding hydrogens is 402 g/mol. The molecule has 1 aliphatic heterocycles. The Morgan fingerprint density at radius 2 is 1.93 bits per heavy atom. The minimum atomic E-state index is -3.66. The SMILES string of the molecule is O=S(=O)(N[C@H]1CCN(Cc2ccc(OCCO)cc2)C1)c1cccc2cccnc12. The van der Waals surface area contributed by atoms with Crippen molar-refractivity contribution in [3.05, 3.63) is 66.4 Å². The second-order valence-electron chi connectivity index (χ2n) is 7.39. The molecule has 0 spiro atoms. The summed E-state index contributed by atoms with van der Waals surface area (Å²) >= 11 is 0. The van der Waals surface area contributed by atoms with Gasteiger partial charge in [0.15, 0.2) is 0 Å². The molecule has 0 unspecified atom stereocenters. The molecule has 0 bridgehead atoms. The molecule has 0 saturated carbocycles. The number of nitrogens with zero attached hydrogens (tertiary/aromatic N) is 2. The van der Waals surface area contributed by atoms with Crippen molar-refractivity contribution >= 4 is 20.9 Å². The van der Waals surface area contributed by atoms with E-state index in [0.717, 1.165) is 36.2 Å². The van der Waals surface area contributed by atoms with E-state index in [0.29, 0.717) is 12.1 Å². The Kier molecular flexibility index (Phi) is 6.29. The molecule has 0 amide bonds. The molecule has 1 saturated heterocycles. The molecule has 1 aromatic heterocycles. The number of aliphatic hydroxyl groups is 1. The first kappa shape index (κ1) is 20.7. The molecule has 1 fully saturated rings. The van der Waals surface area contributed by atoms with Crippen LogP contribution in [0.3, 0.4) is 0 Å². The average molecular weight is 428 g/mol. The van der Waals surface area contributed by atoms with Crippen molar-refractivity contribution in [2.75, 3.05) is 26.3 Å². The number of sulfonamides is 1. The fourth-order valence-corrected chi connectivity index (χ4v) is 5.20. The van der Waals surface area contributed by atoms with Crippen LogP contribution in [0.15, 0.2) is 65.7 Å². The van der Waals surface area contributed by atoms with Crippen LogP contribution in [0, 0.1) is 0 Å². The first-order chi connectivity index (χ1) is 14.5. The summed E-state index contributed by atoms with van der Waals surface area (Å²) in [5.74, 6) is 0.726. The zero-order chi connectivity index (χ0) is 21.0. The summed E-state index contributed by atoms with van der Waals surface area (Å²) in [5.41, 5.74) is 1.62. The number of ether oxygens (including phenoxy) is 1. The number of aliphatic hydroxyl groups excluding tert-OH is 1. The Bertz CT molecular complexity index is 1100. The molecule has 2 heterocycles. The fraction of sp³-hybridized carbons (Fsp3) is 0.318. The number of rotatable bonds is 8. The van der Waals surface area contributed by atoms with Crippen LogP contribution in [-0.2, 0) is 16.6 Å². The Labute approximate surface area is 176 Å². The standard InChI is InChI=1S/C22H25N3O4S/c26-13-14-29-20-8-6-17(7-9-20)15-25-12-10-19(16-25)24-30(27,28)21-5-1-3-18-4-2-11-23-22(18)21/h1-9,11,19,24,26H,10,12-16H2/t19-/m0/s1. The van der Waals surface area contributed by atoms with Crippen LogP contribution in [0.5, 0.6) is 5.75 Å². The molecule has 3 aromatic rings. The quantitative estimate of drug-likeness (QED) is 0.572. The van der Waals surface area contributed by atoms with Gasteiger partial charge in [-0.2, -0.15) is 0 Å². The lowest BCUT2D eigenvalue weighted by Gasteiger charge is -2.17. The number of pyridine rings is 1. The molecule has 0 aliphatic carbocycles. The average Bonchev–Trinajstić information content (AvgIpc) is 3.18. The normalized spacial score (nSPS) is 17.4. The van der Waals surface area contributed by atoms with E-state index in [-0.39, 0.29) is 24.2 Å². The molecule has 1 aliphatic rings. The van der Waals surface area contributed by atoms with Gasteiger partial charge in [-0.3, -0.25) is 9.88 Å². The molecular formula is C22H25N3O4S. The van der Waals surface area contributed by atoms with Crippen molar-refractivity contribution in [2.45, 2.75) is 23.9 Å². The predicted molar refractivity (Wildman–Crippen MR) is 115 cm³/mol. The van der Waals surface area contributed by atoms with Crippen LogP contribution in [-0.4, -0.2) is 55.8 Å². The lowest BCUT2D eigenvalue weighted by molar-refractivity contribution is 0.201. The van der Waals surface area contributed by atoms with Crippen LogP contribution in [0.4, 0.5) is 0 Å². The number of aromatic nitrogens is 1. The minimum absolute atomic E-state index is 0.0122. The van der Waals surface area contributed by atoms with Crippen LogP contribution in [0.2, 0.25) is 0 Å². The van der Waals surface area contributed by atoms with E-state index in [4.69, 9.17) is 9.84 Å². The number of nitrogens with one attached hydrogen (secondary N) is 1. The monoisotopic (exact) mass is 427 g/mol. The molecule has 2 aromatic carbocycles.